The molecule has 0 amide bonds. The van der Waals surface area contributed by atoms with Gasteiger partial charge in [-0.15, -0.1) is 0 Å². The molecule has 0 fully saturated rings. The summed E-state index contributed by atoms with van der Waals surface area (Å²) in [5.41, 5.74) is 1.29. The Labute approximate surface area is 123 Å². The van der Waals surface area contributed by atoms with E-state index in [0.29, 0.717) is 23.6 Å². The average Bonchev–Trinajstić information content (AvgIpc) is 2.86. The smallest absolute Gasteiger partial charge is 0.372 e. The highest BCUT2D eigenvalue weighted by Gasteiger charge is 2.18. The van der Waals surface area contributed by atoms with Crippen LogP contribution >= 0.6 is 0 Å². The third-order valence-corrected chi connectivity index (χ3v) is 3.56. The highest BCUT2D eigenvalue weighted by Crippen LogP contribution is 2.25. The minimum atomic E-state index is -1.04. The Hall–Kier alpha value is -1.85. The van der Waals surface area contributed by atoms with Gasteiger partial charge in [-0.25, -0.2) is 4.79 Å². The number of hydrogen-bond acceptors (Lipinski definition) is 4. The molecule has 3 N–H and O–H groups in total. The average molecular weight is 291 g/mol. The number of benzene rings is 1. The first-order chi connectivity index (χ1) is 10.1. The maximum Gasteiger partial charge on any atom is 0.372 e. The van der Waals surface area contributed by atoms with E-state index >= 15 is 0 Å². The first-order valence-corrected chi connectivity index (χ1v) is 7.18. The van der Waals surface area contributed by atoms with E-state index in [2.05, 4.69) is 5.32 Å². The summed E-state index contributed by atoms with van der Waals surface area (Å²) in [5.74, 6) is -0.736. The number of rotatable bonds is 8. The van der Waals surface area contributed by atoms with Gasteiger partial charge in [0.1, 0.15) is 5.58 Å². The quantitative estimate of drug-likeness (QED) is 0.651. The van der Waals surface area contributed by atoms with Gasteiger partial charge in [0, 0.05) is 24.1 Å². The first-order valence-electron chi connectivity index (χ1n) is 7.18. The molecule has 1 atom stereocenters. The molecule has 2 aromatic rings. The topological polar surface area (TPSA) is 82.7 Å². The zero-order chi connectivity index (χ0) is 15.2. The van der Waals surface area contributed by atoms with Gasteiger partial charge in [-0.05, 0) is 31.4 Å². The van der Waals surface area contributed by atoms with Gasteiger partial charge < -0.3 is 19.9 Å². The van der Waals surface area contributed by atoms with Crippen molar-refractivity contribution in [1.29, 1.82) is 0 Å². The Balaban J connectivity index is 2.00. The zero-order valence-corrected chi connectivity index (χ0v) is 12.1. The molecule has 1 aromatic heterocycles. The normalized spacial score (nSPS) is 12.7. The summed E-state index contributed by atoms with van der Waals surface area (Å²) >= 11 is 0. The number of aliphatic hydroxyl groups is 1. The van der Waals surface area contributed by atoms with Gasteiger partial charge in [-0.3, -0.25) is 0 Å². The SMILES string of the molecule is CC(CO)CCCNCc1c(C(=O)O)oc2ccccc12. The fourth-order valence-corrected chi connectivity index (χ4v) is 2.33. The molecule has 0 bridgehead atoms. The molecule has 0 radical (unpaired) electrons. The molecule has 5 nitrogen and oxygen atoms in total. The number of para-hydroxylation sites is 1. The van der Waals surface area contributed by atoms with Crippen LogP contribution in [-0.4, -0.2) is 29.3 Å². The molecule has 0 saturated carbocycles. The second kappa shape index (κ2) is 7.24. The lowest BCUT2D eigenvalue weighted by molar-refractivity contribution is 0.0663. The van der Waals surface area contributed by atoms with Gasteiger partial charge in [0.2, 0.25) is 5.76 Å². The summed E-state index contributed by atoms with van der Waals surface area (Å²) in [4.78, 5) is 11.3. The number of aromatic carboxylic acids is 1. The monoisotopic (exact) mass is 291 g/mol. The van der Waals surface area contributed by atoms with Gasteiger partial charge in [-0.2, -0.15) is 0 Å². The Morgan fingerprint density at radius 1 is 1.38 bits per heavy atom. The second-order valence-electron chi connectivity index (χ2n) is 5.32. The van der Waals surface area contributed by atoms with Crippen LogP contribution in [0.5, 0.6) is 0 Å². The van der Waals surface area contributed by atoms with Crippen molar-refractivity contribution in [3.63, 3.8) is 0 Å². The van der Waals surface area contributed by atoms with Gasteiger partial charge >= 0.3 is 5.97 Å². The van der Waals surface area contributed by atoms with E-state index in [1.807, 2.05) is 25.1 Å². The third kappa shape index (κ3) is 3.83. The van der Waals surface area contributed by atoms with E-state index in [1.54, 1.807) is 6.07 Å². The number of aliphatic hydroxyl groups excluding tert-OH is 1. The summed E-state index contributed by atoms with van der Waals surface area (Å²) in [6.45, 7) is 3.46. The van der Waals surface area contributed by atoms with Gasteiger partial charge in [0.05, 0.1) is 0 Å². The zero-order valence-electron chi connectivity index (χ0n) is 12.1. The Kier molecular flexibility index (Phi) is 5.36. The molecule has 114 valence electrons. The molecule has 0 aliphatic heterocycles. The molecular formula is C16H21NO4. The molecule has 1 unspecified atom stereocenters. The predicted octanol–water partition coefficient (Wildman–Crippen LogP) is 2.63. The fourth-order valence-electron chi connectivity index (χ4n) is 2.33. The summed E-state index contributed by atoms with van der Waals surface area (Å²) in [6, 6.07) is 7.34. The number of carboxylic acids is 1. The van der Waals surface area contributed by atoms with Crippen molar-refractivity contribution in [3.05, 3.63) is 35.6 Å². The van der Waals surface area contributed by atoms with Crippen LogP contribution in [-0.2, 0) is 6.54 Å². The number of hydrogen-bond donors (Lipinski definition) is 3. The summed E-state index contributed by atoms with van der Waals surface area (Å²) < 4.78 is 5.40. The number of fused-ring (bicyclic) bond motifs is 1. The lowest BCUT2D eigenvalue weighted by Gasteiger charge is -2.08. The largest absolute Gasteiger partial charge is 0.475 e. The van der Waals surface area contributed by atoms with Crippen LogP contribution in [0.1, 0.15) is 35.9 Å². The van der Waals surface area contributed by atoms with Crippen molar-refractivity contribution in [2.45, 2.75) is 26.3 Å². The van der Waals surface area contributed by atoms with Gasteiger partial charge in [-0.1, -0.05) is 25.1 Å². The van der Waals surface area contributed by atoms with E-state index in [4.69, 9.17) is 9.52 Å². The van der Waals surface area contributed by atoms with Crippen molar-refractivity contribution in [3.8, 4) is 0 Å². The van der Waals surface area contributed by atoms with Crippen LogP contribution in [0.2, 0.25) is 0 Å². The molecule has 2 rings (SSSR count). The minimum Gasteiger partial charge on any atom is -0.475 e. The maximum absolute atomic E-state index is 11.3. The molecule has 21 heavy (non-hydrogen) atoms. The number of carboxylic acid groups (broad SMARTS) is 1. The highest BCUT2D eigenvalue weighted by atomic mass is 16.4. The van der Waals surface area contributed by atoms with Crippen LogP contribution < -0.4 is 5.32 Å². The van der Waals surface area contributed by atoms with Crippen LogP contribution in [0.15, 0.2) is 28.7 Å². The number of nitrogens with one attached hydrogen (secondary N) is 1. The molecule has 0 spiro atoms. The van der Waals surface area contributed by atoms with E-state index < -0.39 is 5.97 Å². The third-order valence-electron chi connectivity index (χ3n) is 3.56. The maximum atomic E-state index is 11.3. The summed E-state index contributed by atoms with van der Waals surface area (Å²) in [5, 5.41) is 22.3. The molecule has 0 aliphatic carbocycles. The molecule has 0 aliphatic rings. The Bertz CT molecular complexity index is 605. The van der Waals surface area contributed by atoms with Crippen molar-refractivity contribution in [1.82, 2.24) is 5.32 Å². The van der Waals surface area contributed by atoms with Gasteiger partial charge in [0.15, 0.2) is 0 Å². The van der Waals surface area contributed by atoms with Crippen LogP contribution in [0, 0.1) is 5.92 Å². The highest BCUT2D eigenvalue weighted by molar-refractivity contribution is 5.95. The molecular weight excluding hydrogens is 270 g/mol. The minimum absolute atomic E-state index is 0.00688. The van der Waals surface area contributed by atoms with E-state index in [-0.39, 0.29) is 12.4 Å². The van der Waals surface area contributed by atoms with Crippen molar-refractivity contribution in [2.75, 3.05) is 13.2 Å². The van der Waals surface area contributed by atoms with E-state index in [0.717, 1.165) is 24.8 Å². The molecule has 0 saturated heterocycles. The van der Waals surface area contributed by atoms with Crippen LogP contribution in [0.4, 0.5) is 0 Å². The lowest BCUT2D eigenvalue weighted by atomic mass is 10.1. The van der Waals surface area contributed by atoms with Crippen LogP contribution in [0.25, 0.3) is 11.0 Å². The summed E-state index contributed by atoms with van der Waals surface area (Å²) in [6.07, 6.45) is 1.89. The molecule has 1 aromatic carbocycles. The predicted molar refractivity (Wildman–Crippen MR) is 80.4 cm³/mol. The standard InChI is InChI=1S/C16H21NO4/c1-11(10-18)5-4-8-17-9-13-12-6-2-3-7-14(12)21-15(13)16(19)20/h2-3,6-7,11,17-18H,4-5,8-10H2,1H3,(H,19,20). The van der Waals surface area contributed by atoms with Crippen molar-refractivity contribution in [2.24, 2.45) is 5.92 Å². The van der Waals surface area contributed by atoms with Crippen molar-refractivity contribution >= 4 is 16.9 Å². The lowest BCUT2D eigenvalue weighted by Crippen LogP contribution is -2.17. The first kappa shape index (κ1) is 15.5. The fraction of sp³-hybridized carbons (Fsp3) is 0.438. The van der Waals surface area contributed by atoms with E-state index in [9.17, 15) is 9.90 Å². The van der Waals surface area contributed by atoms with Gasteiger partial charge in [0.25, 0.3) is 0 Å². The van der Waals surface area contributed by atoms with E-state index in [1.165, 1.54) is 0 Å². The summed E-state index contributed by atoms with van der Waals surface area (Å²) in [7, 11) is 0. The Morgan fingerprint density at radius 2 is 2.14 bits per heavy atom. The van der Waals surface area contributed by atoms with Crippen LogP contribution in [0.3, 0.4) is 0 Å². The second-order valence-corrected chi connectivity index (χ2v) is 5.32. The van der Waals surface area contributed by atoms with Crippen molar-refractivity contribution < 1.29 is 19.4 Å². The molecule has 5 heteroatoms. The number of furan rings is 1. The molecule has 1 heterocycles. The Morgan fingerprint density at radius 3 is 2.86 bits per heavy atom. The number of carbonyl (C=O) groups is 1.